The number of aliphatic imine (C=N–C) groups is 1. The number of benzene rings is 1. The largest absolute Gasteiger partial charge is 0.326 e. The lowest BCUT2D eigenvalue weighted by Crippen LogP contribution is -2.33. The molecule has 23 heavy (non-hydrogen) atoms. The highest BCUT2D eigenvalue weighted by atomic mass is 35.5. The summed E-state index contributed by atoms with van der Waals surface area (Å²) in [5.74, 6) is -0.991. The zero-order chi connectivity index (χ0) is 17.0. The lowest BCUT2D eigenvalue weighted by molar-refractivity contribution is -0.128. The van der Waals surface area contributed by atoms with E-state index >= 15 is 0 Å². The average molecular weight is 358 g/mol. The third-order valence-electron chi connectivity index (χ3n) is 3.20. The SMILES string of the molecule is CCN=C1S[C@H](CC(=O)Nc2ccc(F)c(Cl)c2)C(=O)N1CC. The molecule has 0 unspecified atom stereocenters. The van der Waals surface area contributed by atoms with Crippen LogP contribution in [0, 0.1) is 5.82 Å². The van der Waals surface area contributed by atoms with E-state index in [1.807, 2.05) is 13.8 Å². The molecule has 1 aromatic rings. The quantitative estimate of drug-likeness (QED) is 0.880. The first-order valence-corrected chi connectivity index (χ1v) is 8.49. The zero-order valence-electron chi connectivity index (χ0n) is 12.8. The molecule has 0 aliphatic carbocycles. The van der Waals surface area contributed by atoms with Crippen LogP contribution in [0.3, 0.4) is 0 Å². The van der Waals surface area contributed by atoms with E-state index in [-0.39, 0.29) is 23.3 Å². The average Bonchev–Trinajstić information content (AvgIpc) is 2.79. The van der Waals surface area contributed by atoms with Crippen molar-refractivity contribution in [3.8, 4) is 0 Å². The van der Waals surface area contributed by atoms with E-state index in [1.165, 1.54) is 30.0 Å². The van der Waals surface area contributed by atoms with Gasteiger partial charge in [0, 0.05) is 25.2 Å². The predicted octanol–water partition coefficient (Wildman–Crippen LogP) is 3.15. The second kappa shape index (κ2) is 7.79. The summed E-state index contributed by atoms with van der Waals surface area (Å²) in [6, 6.07) is 3.93. The maximum atomic E-state index is 13.1. The fraction of sp³-hybridized carbons (Fsp3) is 0.400. The molecule has 1 atom stereocenters. The summed E-state index contributed by atoms with van der Waals surface area (Å²) in [7, 11) is 0. The van der Waals surface area contributed by atoms with Gasteiger partial charge < -0.3 is 5.32 Å². The Balaban J connectivity index is 2.01. The molecule has 0 saturated carbocycles. The first kappa shape index (κ1) is 17.7. The maximum absolute atomic E-state index is 13.1. The summed E-state index contributed by atoms with van der Waals surface area (Å²) in [5, 5.41) is 2.72. The highest BCUT2D eigenvalue weighted by molar-refractivity contribution is 8.15. The standard InChI is InChI=1S/C15H17ClFN3O2S/c1-3-18-15-20(4-2)14(22)12(23-15)8-13(21)19-9-5-6-11(17)10(16)7-9/h5-7,12H,3-4,8H2,1-2H3,(H,19,21)/t12-/m1/s1. The number of halogens is 2. The Morgan fingerprint density at radius 1 is 1.48 bits per heavy atom. The number of hydrogen-bond donors (Lipinski definition) is 1. The van der Waals surface area contributed by atoms with E-state index in [9.17, 15) is 14.0 Å². The van der Waals surface area contributed by atoms with E-state index in [2.05, 4.69) is 10.3 Å². The Morgan fingerprint density at radius 2 is 2.22 bits per heavy atom. The van der Waals surface area contributed by atoms with Crippen LogP contribution in [-0.2, 0) is 9.59 Å². The normalized spacial score (nSPS) is 19.5. The van der Waals surface area contributed by atoms with Gasteiger partial charge in [-0.25, -0.2) is 4.39 Å². The summed E-state index contributed by atoms with van der Waals surface area (Å²) >= 11 is 6.98. The maximum Gasteiger partial charge on any atom is 0.242 e. The molecule has 1 fully saturated rings. The number of amides is 2. The Kier molecular flexibility index (Phi) is 6.01. The molecular weight excluding hydrogens is 341 g/mol. The first-order chi connectivity index (χ1) is 11.0. The van der Waals surface area contributed by atoms with Gasteiger partial charge in [0.15, 0.2) is 5.17 Å². The van der Waals surface area contributed by atoms with Gasteiger partial charge in [-0.05, 0) is 32.0 Å². The molecule has 1 aromatic carbocycles. The van der Waals surface area contributed by atoms with E-state index in [4.69, 9.17) is 11.6 Å². The third-order valence-corrected chi connectivity index (χ3v) is 4.71. The second-order valence-corrected chi connectivity index (χ2v) is 6.40. The van der Waals surface area contributed by atoms with Crippen LogP contribution in [0.2, 0.25) is 5.02 Å². The van der Waals surface area contributed by atoms with E-state index in [1.54, 1.807) is 4.90 Å². The molecule has 0 spiro atoms. The summed E-state index contributed by atoms with van der Waals surface area (Å²) in [5.41, 5.74) is 0.395. The van der Waals surface area contributed by atoms with Crippen LogP contribution >= 0.6 is 23.4 Å². The van der Waals surface area contributed by atoms with Crippen LogP contribution in [0.5, 0.6) is 0 Å². The lowest BCUT2D eigenvalue weighted by Gasteiger charge is -2.13. The smallest absolute Gasteiger partial charge is 0.242 e. The van der Waals surface area contributed by atoms with Crippen molar-refractivity contribution in [2.24, 2.45) is 4.99 Å². The number of carbonyl (C=O) groups excluding carboxylic acids is 2. The number of rotatable bonds is 5. The fourth-order valence-electron chi connectivity index (χ4n) is 2.14. The molecule has 2 amide bonds. The summed E-state index contributed by atoms with van der Waals surface area (Å²) < 4.78 is 13.1. The molecule has 1 saturated heterocycles. The van der Waals surface area contributed by atoms with Gasteiger partial charge in [-0.15, -0.1) is 0 Å². The molecule has 1 aliphatic heterocycles. The molecule has 2 rings (SSSR count). The van der Waals surface area contributed by atoms with Crippen LogP contribution in [0.1, 0.15) is 20.3 Å². The lowest BCUT2D eigenvalue weighted by atomic mass is 10.2. The highest BCUT2D eigenvalue weighted by Gasteiger charge is 2.38. The zero-order valence-corrected chi connectivity index (χ0v) is 14.4. The molecular formula is C15H17ClFN3O2S. The van der Waals surface area contributed by atoms with Gasteiger partial charge in [0.25, 0.3) is 0 Å². The van der Waals surface area contributed by atoms with Crippen LogP contribution in [0.4, 0.5) is 10.1 Å². The van der Waals surface area contributed by atoms with Crippen molar-refractivity contribution in [1.82, 2.24) is 4.90 Å². The molecule has 0 bridgehead atoms. The second-order valence-electron chi connectivity index (χ2n) is 4.83. The number of anilines is 1. The molecule has 1 N–H and O–H groups in total. The number of hydrogen-bond acceptors (Lipinski definition) is 4. The Bertz CT molecular complexity index is 654. The molecule has 1 aliphatic rings. The van der Waals surface area contributed by atoms with Crippen molar-refractivity contribution in [3.05, 3.63) is 29.0 Å². The molecule has 8 heteroatoms. The van der Waals surface area contributed by atoms with Gasteiger partial charge in [0.05, 0.1) is 5.02 Å². The van der Waals surface area contributed by atoms with Gasteiger partial charge in [-0.3, -0.25) is 19.5 Å². The van der Waals surface area contributed by atoms with Crippen LogP contribution in [0.25, 0.3) is 0 Å². The van der Waals surface area contributed by atoms with Crippen molar-refractivity contribution < 1.29 is 14.0 Å². The van der Waals surface area contributed by atoms with Gasteiger partial charge in [-0.1, -0.05) is 23.4 Å². The fourth-order valence-corrected chi connectivity index (χ4v) is 3.59. The topological polar surface area (TPSA) is 61.8 Å². The highest BCUT2D eigenvalue weighted by Crippen LogP contribution is 2.30. The van der Waals surface area contributed by atoms with Gasteiger partial charge in [0.2, 0.25) is 11.8 Å². The minimum Gasteiger partial charge on any atom is -0.326 e. The summed E-state index contributed by atoms with van der Waals surface area (Å²) in [6.45, 7) is 4.87. The number of carbonyl (C=O) groups is 2. The molecule has 124 valence electrons. The number of amidine groups is 1. The molecule has 1 heterocycles. The van der Waals surface area contributed by atoms with E-state index < -0.39 is 11.1 Å². The number of thioether (sulfide) groups is 1. The predicted molar refractivity (Wildman–Crippen MR) is 91.4 cm³/mol. The van der Waals surface area contributed by atoms with Gasteiger partial charge in [-0.2, -0.15) is 0 Å². The monoisotopic (exact) mass is 357 g/mol. The first-order valence-electron chi connectivity index (χ1n) is 7.23. The molecule has 0 aromatic heterocycles. The van der Waals surface area contributed by atoms with Gasteiger partial charge >= 0.3 is 0 Å². The molecule has 0 radical (unpaired) electrons. The van der Waals surface area contributed by atoms with Crippen molar-refractivity contribution in [2.45, 2.75) is 25.5 Å². The van der Waals surface area contributed by atoms with Crippen molar-refractivity contribution in [1.29, 1.82) is 0 Å². The third kappa shape index (κ3) is 4.23. The Morgan fingerprint density at radius 3 is 2.83 bits per heavy atom. The van der Waals surface area contributed by atoms with E-state index in [0.29, 0.717) is 23.9 Å². The summed E-state index contributed by atoms with van der Waals surface area (Å²) in [6.07, 6.45) is 0.0255. The summed E-state index contributed by atoms with van der Waals surface area (Å²) in [4.78, 5) is 30.2. The van der Waals surface area contributed by atoms with Crippen LogP contribution < -0.4 is 5.32 Å². The Hall–Kier alpha value is -1.60. The van der Waals surface area contributed by atoms with Crippen LogP contribution in [-0.4, -0.2) is 40.2 Å². The Labute approximate surface area is 143 Å². The van der Waals surface area contributed by atoms with E-state index in [0.717, 1.165) is 0 Å². The number of nitrogens with one attached hydrogen (secondary N) is 1. The number of nitrogens with zero attached hydrogens (tertiary/aromatic N) is 2. The van der Waals surface area contributed by atoms with Crippen LogP contribution in [0.15, 0.2) is 23.2 Å². The minimum absolute atomic E-state index is 0.0255. The minimum atomic E-state index is -0.551. The van der Waals surface area contributed by atoms with Gasteiger partial charge in [0.1, 0.15) is 11.1 Å². The van der Waals surface area contributed by atoms with Crippen molar-refractivity contribution in [3.63, 3.8) is 0 Å². The molecule has 5 nitrogen and oxygen atoms in total. The van der Waals surface area contributed by atoms with Crippen molar-refractivity contribution >= 4 is 46.0 Å². The van der Waals surface area contributed by atoms with Crippen molar-refractivity contribution in [2.75, 3.05) is 18.4 Å².